The Bertz CT molecular complexity index is 349. The van der Waals surface area contributed by atoms with Crippen molar-refractivity contribution in [2.75, 3.05) is 29.6 Å². The molecule has 102 valence electrons. The fraction of sp³-hybridized carbons (Fsp3) is 0.538. The van der Waals surface area contributed by atoms with Crippen LogP contribution in [-0.4, -0.2) is 18.6 Å². The molecule has 0 amide bonds. The number of hydrogen-bond acceptors (Lipinski definition) is 3. The van der Waals surface area contributed by atoms with Crippen LogP contribution in [0.5, 0.6) is 0 Å². The van der Waals surface area contributed by atoms with Gasteiger partial charge in [-0.05, 0) is 37.0 Å². The largest absolute Gasteiger partial charge is 0.399 e. The number of nitrogens with one attached hydrogen (secondary N) is 1. The van der Waals surface area contributed by atoms with Gasteiger partial charge in [0.05, 0.1) is 0 Å². The predicted molar refractivity (Wildman–Crippen MR) is 76.1 cm³/mol. The summed E-state index contributed by atoms with van der Waals surface area (Å²) in [6, 6.07) is 2.26. The van der Waals surface area contributed by atoms with E-state index in [2.05, 4.69) is 11.6 Å². The van der Waals surface area contributed by atoms with Crippen molar-refractivity contribution in [1.82, 2.24) is 0 Å². The van der Waals surface area contributed by atoms with Crippen LogP contribution >= 0.6 is 11.8 Å². The molecule has 3 N–H and O–H groups in total. The summed E-state index contributed by atoms with van der Waals surface area (Å²) in [5.41, 5.74) is 5.37. The lowest BCUT2D eigenvalue weighted by atomic mass is 10.2. The molecule has 5 heteroatoms. The van der Waals surface area contributed by atoms with Gasteiger partial charge in [0.2, 0.25) is 0 Å². The summed E-state index contributed by atoms with van der Waals surface area (Å²) in [4.78, 5) is 0. The fourth-order valence-corrected chi connectivity index (χ4v) is 2.19. The molecule has 1 rings (SSSR count). The summed E-state index contributed by atoms with van der Waals surface area (Å²) in [5.74, 6) is -0.0842. The smallest absolute Gasteiger partial charge is 0.151 e. The van der Waals surface area contributed by atoms with Gasteiger partial charge in [-0.2, -0.15) is 11.8 Å². The molecule has 0 fully saturated rings. The van der Waals surface area contributed by atoms with Crippen molar-refractivity contribution < 1.29 is 8.78 Å². The zero-order valence-electron chi connectivity index (χ0n) is 10.6. The lowest BCUT2D eigenvalue weighted by Gasteiger charge is -2.09. The van der Waals surface area contributed by atoms with E-state index in [-0.39, 0.29) is 11.4 Å². The van der Waals surface area contributed by atoms with Crippen LogP contribution in [0.3, 0.4) is 0 Å². The van der Waals surface area contributed by atoms with Crippen LogP contribution < -0.4 is 11.1 Å². The monoisotopic (exact) mass is 274 g/mol. The van der Waals surface area contributed by atoms with Gasteiger partial charge in [0, 0.05) is 12.2 Å². The number of halogens is 2. The number of nitrogens with two attached hydrogens (primary N) is 1. The summed E-state index contributed by atoms with van der Waals surface area (Å²) in [5, 5.41) is 2.79. The van der Waals surface area contributed by atoms with Crippen LogP contribution in [0.2, 0.25) is 0 Å². The third kappa shape index (κ3) is 5.12. The molecule has 1 aromatic rings. The van der Waals surface area contributed by atoms with Crippen LogP contribution in [0.4, 0.5) is 20.2 Å². The van der Waals surface area contributed by atoms with Crippen molar-refractivity contribution >= 4 is 23.1 Å². The molecule has 0 saturated carbocycles. The number of benzene rings is 1. The Labute approximate surface area is 111 Å². The lowest BCUT2D eigenvalue weighted by molar-refractivity contribution is 0.587. The Kier molecular flexibility index (Phi) is 6.86. The molecule has 0 aliphatic heterocycles. The third-order valence-corrected chi connectivity index (χ3v) is 3.34. The van der Waals surface area contributed by atoms with Crippen molar-refractivity contribution in [3.8, 4) is 0 Å². The van der Waals surface area contributed by atoms with Crippen LogP contribution in [0, 0.1) is 11.6 Å². The fourth-order valence-electron chi connectivity index (χ4n) is 1.70. The van der Waals surface area contributed by atoms with E-state index in [9.17, 15) is 8.78 Å². The van der Waals surface area contributed by atoms with E-state index in [1.165, 1.54) is 12.2 Å². The minimum Gasteiger partial charge on any atom is -0.399 e. The van der Waals surface area contributed by atoms with Crippen molar-refractivity contribution in [1.29, 1.82) is 0 Å². The molecule has 0 saturated heterocycles. The maximum Gasteiger partial charge on any atom is 0.151 e. The van der Waals surface area contributed by atoms with Gasteiger partial charge in [0.1, 0.15) is 5.69 Å². The van der Waals surface area contributed by atoms with E-state index in [1.54, 1.807) is 0 Å². The van der Waals surface area contributed by atoms with Gasteiger partial charge < -0.3 is 11.1 Å². The van der Waals surface area contributed by atoms with Crippen LogP contribution in [-0.2, 0) is 0 Å². The van der Waals surface area contributed by atoms with Gasteiger partial charge in [0.15, 0.2) is 11.6 Å². The van der Waals surface area contributed by atoms with E-state index >= 15 is 0 Å². The first-order chi connectivity index (χ1) is 8.65. The molecular weight excluding hydrogens is 254 g/mol. The van der Waals surface area contributed by atoms with Crippen molar-refractivity contribution in [3.63, 3.8) is 0 Å². The standard InChI is InChI=1S/C13H20F2N2S/c1-18-7-5-3-2-4-6-17-13-11(14)8-10(16)9-12(13)15/h8-9,17H,2-7,16H2,1H3. The van der Waals surface area contributed by atoms with Crippen LogP contribution in [0.15, 0.2) is 12.1 Å². The Morgan fingerprint density at radius 3 is 2.33 bits per heavy atom. The normalized spacial score (nSPS) is 10.6. The maximum atomic E-state index is 13.4. The molecule has 0 atom stereocenters. The number of unbranched alkanes of at least 4 members (excludes halogenated alkanes) is 3. The Balaban J connectivity index is 2.27. The molecule has 0 spiro atoms. The second-order valence-corrected chi connectivity index (χ2v) is 5.18. The van der Waals surface area contributed by atoms with E-state index in [1.807, 2.05) is 11.8 Å². The quantitative estimate of drug-likeness (QED) is 0.558. The molecule has 0 heterocycles. The number of rotatable bonds is 8. The SMILES string of the molecule is CSCCCCCCNc1c(F)cc(N)cc1F. The van der Waals surface area contributed by atoms with Crippen LogP contribution in [0.25, 0.3) is 0 Å². The van der Waals surface area contributed by atoms with Gasteiger partial charge in [-0.15, -0.1) is 0 Å². The van der Waals surface area contributed by atoms with Gasteiger partial charge in [0.25, 0.3) is 0 Å². The zero-order chi connectivity index (χ0) is 13.4. The summed E-state index contributed by atoms with van der Waals surface area (Å²) >= 11 is 1.84. The van der Waals surface area contributed by atoms with E-state index < -0.39 is 11.6 Å². The second-order valence-electron chi connectivity index (χ2n) is 4.19. The molecule has 0 radical (unpaired) electrons. The maximum absolute atomic E-state index is 13.4. The average Bonchev–Trinajstić information content (AvgIpc) is 2.30. The predicted octanol–water partition coefficient (Wildman–Crippen LogP) is 3.88. The molecule has 0 bridgehead atoms. The molecule has 18 heavy (non-hydrogen) atoms. The van der Waals surface area contributed by atoms with E-state index in [0.717, 1.165) is 31.4 Å². The first kappa shape index (κ1) is 15.1. The highest BCUT2D eigenvalue weighted by atomic mass is 32.2. The second kappa shape index (κ2) is 8.19. The van der Waals surface area contributed by atoms with E-state index in [4.69, 9.17) is 5.73 Å². The Morgan fingerprint density at radius 2 is 1.72 bits per heavy atom. The van der Waals surface area contributed by atoms with Gasteiger partial charge in [-0.25, -0.2) is 8.78 Å². The molecule has 0 unspecified atom stereocenters. The molecule has 0 aromatic heterocycles. The number of thioether (sulfide) groups is 1. The molecule has 2 nitrogen and oxygen atoms in total. The zero-order valence-corrected chi connectivity index (χ0v) is 11.5. The highest BCUT2D eigenvalue weighted by Gasteiger charge is 2.09. The first-order valence-corrected chi connectivity index (χ1v) is 7.52. The number of anilines is 2. The molecular formula is C13H20F2N2S. The topological polar surface area (TPSA) is 38.0 Å². The average molecular weight is 274 g/mol. The van der Waals surface area contributed by atoms with Crippen molar-refractivity contribution in [2.24, 2.45) is 0 Å². The van der Waals surface area contributed by atoms with Gasteiger partial charge >= 0.3 is 0 Å². The Hall–Kier alpha value is -0.970. The summed E-state index contributed by atoms with van der Waals surface area (Å²) in [7, 11) is 0. The number of nitrogen functional groups attached to an aromatic ring is 1. The highest BCUT2D eigenvalue weighted by molar-refractivity contribution is 7.98. The van der Waals surface area contributed by atoms with E-state index in [0.29, 0.717) is 6.54 Å². The lowest BCUT2D eigenvalue weighted by Crippen LogP contribution is -2.06. The van der Waals surface area contributed by atoms with Gasteiger partial charge in [-0.3, -0.25) is 0 Å². The molecule has 0 aliphatic carbocycles. The van der Waals surface area contributed by atoms with Crippen LogP contribution in [0.1, 0.15) is 25.7 Å². The third-order valence-electron chi connectivity index (χ3n) is 2.64. The minimum atomic E-state index is -0.630. The minimum absolute atomic E-state index is 0.0756. The Morgan fingerprint density at radius 1 is 1.11 bits per heavy atom. The summed E-state index contributed by atoms with van der Waals surface area (Å²) in [6.45, 7) is 0.580. The molecule has 1 aromatic carbocycles. The van der Waals surface area contributed by atoms with Crippen molar-refractivity contribution in [3.05, 3.63) is 23.8 Å². The first-order valence-electron chi connectivity index (χ1n) is 6.12. The summed E-state index contributed by atoms with van der Waals surface area (Å²) in [6.07, 6.45) is 6.44. The highest BCUT2D eigenvalue weighted by Crippen LogP contribution is 2.21. The number of hydrogen-bond donors (Lipinski definition) is 2. The van der Waals surface area contributed by atoms with Gasteiger partial charge in [-0.1, -0.05) is 12.8 Å². The summed E-state index contributed by atoms with van der Waals surface area (Å²) < 4.78 is 26.8. The van der Waals surface area contributed by atoms with Crippen molar-refractivity contribution in [2.45, 2.75) is 25.7 Å². The molecule has 0 aliphatic rings.